The van der Waals surface area contributed by atoms with E-state index in [0.717, 1.165) is 36.8 Å². The molecule has 0 radical (unpaired) electrons. The van der Waals surface area contributed by atoms with E-state index in [-0.39, 0.29) is 11.8 Å². The molecule has 0 bridgehead atoms. The van der Waals surface area contributed by atoms with E-state index in [0.29, 0.717) is 36.3 Å². The summed E-state index contributed by atoms with van der Waals surface area (Å²) in [4.78, 5) is 38.0. The van der Waals surface area contributed by atoms with Crippen LogP contribution in [-0.4, -0.2) is 73.4 Å². The largest absolute Gasteiger partial charge is 0.416 e. The highest BCUT2D eigenvalue weighted by Crippen LogP contribution is 2.25. The molecular weight excluding hydrogens is 526 g/mol. The number of ether oxygens (including phenoxy) is 1. The highest BCUT2D eigenvalue weighted by molar-refractivity contribution is 7.99. The zero-order chi connectivity index (χ0) is 27.7. The minimum absolute atomic E-state index is 0.202. The van der Waals surface area contributed by atoms with Gasteiger partial charge in [-0.15, -0.1) is 0 Å². The number of benzene rings is 1. The fourth-order valence-electron chi connectivity index (χ4n) is 5.34. The molecule has 2 fully saturated rings. The van der Waals surface area contributed by atoms with E-state index in [1.54, 1.807) is 28.8 Å². The van der Waals surface area contributed by atoms with Crippen molar-refractivity contribution in [2.75, 3.05) is 30.7 Å². The van der Waals surface area contributed by atoms with Gasteiger partial charge in [0.15, 0.2) is 5.16 Å². The summed E-state index contributed by atoms with van der Waals surface area (Å²) in [7, 11) is 0. The lowest BCUT2D eigenvalue weighted by Crippen LogP contribution is -2.40. The number of aromatic nitrogens is 4. The van der Waals surface area contributed by atoms with Gasteiger partial charge in [-0.25, -0.2) is 14.8 Å². The highest BCUT2D eigenvalue weighted by atomic mass is 32.2. The highest BCUT2D eigenvalue weighted by Gasteiger charge is 2.25. The molecule has 3 aromatic rings. The van der Waals surface area contributed by atoms with Crippen molar-refractivity contribution in [3.8, 4) is 5.88 Å². The summed E-state index contributed by atoms with van der Waals surface area (Å²) in [6, 6.07) is 11.8. The van der Waals surface area contributed by atoms with Gasteiger partial charge in [0, 0.05) is 43.1 Å². The second-order valence-corrected chi connectivity index (χ2v) is 11.5. The number of amides is 2. The van der Waals surface area contributed by atoms with Crippen LogP contribution >= 0.6 is 11.8 Å². The van der Waals surface area contributed by atoms with E-state index in [1.807, 2.05) is 24.3 Å². The molecule has 4 heterocycles. The number of H-pyrrole nitrogens is 1. The predicted octanol–water partition coefficient (Wildman–Crippen LogP) is 5.22. The van der Waals surface area contributed by atoms with Crippen LogP contribution in [0.1, 0.15) is 61.4 Å². The molecule has 212 valence electrons. The number of rotatable bonds is 9. The van der Waals surface area contributed by atoms with Gasteiger partial charge in [0.1, 0.15) is 6.33 Å². The van der Waals surface area contributed by atoms with Crippen LogP contribution in [0.3, 0.4) is 0 Å². The lowest BCUT2D eigenvalue weighted by Gasteiger charge is -2.35. The number of nitrogens with one attached hydrogen (secondary N) is 2. The van der Waals surface area contributed by atoms with Crippen LogP contribution in [0.25, 0.3) is 0 Å². The number of thioether (sulfide) groups is 1. The molecule has 2 amide bonds. The van der Waals surface area contributed by atoms with Gasteiger partial charge in [-0.3, -0.25) is 14.8 Å². The van der Waals surface area contributed by atoms with Gasteiger partial charge in [0.05, 0.1) is 11.9 Å². The van der Waals surface area contributed by atoms with Crippen LogP contribution in [0.4, 0.5) is 10.5 Å². The first kappa shape index (κ1) is 28.1. The Morgan fingerprint density at radius 1 is 1.05 bits per heavy atom. The van der Waals surface area contributed by atoms with E-state index in [9.17, 15) is 9.59 Å². The van der Waals surface area contributed by atoms with Crippen molar-refractivity contribution >= 4 is 29.4 Å². The van der Waals surface area contributed by atoms with Crippen LogP contribution in [0.5, 0.6) is 5.88 Å². The number of hydrogen-bond donors (Lipinski definition) is 2. The van der Waals surface area contributed by atoms with E-state index in [4.69, 9.17) is 4.74 Å². The van der Waals surface area contributed by atoms with Crippen molar-refractivity contribution < 1.29 is 14.3 Å². The fraction of sp³-hybridized carbons (Fsp3) is 0.483. The van der Waals surface area contributed by atoms with E-state index >= 15 is 0 Å². The van der Waals surface area contributed by atoms with Gasteiger partial charge in [0.2, 0.25) is 5.88 Å². The van der Waals surface area contributed by atoms with Crippen molar-refractivity contribution in [3.63, 3.8) is 0 Å². The standard InChI is InChI=1S/C29H37N7O3S/c1-2-25-5-3-4-14-36(25)18-21-6-8-23(9-7-21)27(37)33-24-10-11-26(30-17-24)39-29(38)35-15-12-22(13-16-35)19-40-28-31-20-32-34-28/h6-11,17,20,22,25H,2-5,12-16,18-19H2,1H3,(H,33,37)(H,31,32,34). The average Bonchev–Trinajstić information content (AvgIpc) is 3.52. The maximum Gasteiger partial charge on any atom is 0.416 e. The normalized spacial score (nSPS) is 18.4. The van der Waals surface area contributed by atoms with Crippen LogP contribution in [0.15, 0.2) is 54.1 Å². The number of carbonyl (C=O) groups excluding carboxylic acids is 2. The topological polar surface area (TPSA) is 116 Å². The number of carbonyl (C=O) groups is 2. The molecule has 2 aliphatic rings. The minimum Gasteiger partial charge on any atom is -0.391 e. The van der Waals surface area contributed by atoms with Gasteiger partial charge in [-0.1, -0.05) is 37.2 Å². The minimum atomic E-state index is -0.402. The molecule has 0 aliphatic carbocycles. The number of pyridine rings is 1. The Morgan fingerprint density at radius 2 is 1.88 bits per heavy atom. The molecule has 2 saturated heterocycles. The molecule has 2 N–H and O–H groups in total. The van der Waals surface area contributed by atoms with Gasteiger partial charge in [-0.2, -0.15) is 5.10 Å². The maximum absolute atomic E-state index is 12.8. The molecule has 1 atom stereocenters. The van der Waals surface area contributed by atoms with Crippen LogP contribution < -0.4 is 10.1 Å². The van der Waals surface area contributed by atoms with Gasteiger partial charge >= 0.3 is 6.09 Å². The third-order valence-corrected chi connectivity index (χ3v) is 8.84. The summed E-state index contributed by atoms with van der Waals surface area (Å²) in [5.41, 5.74) is 2.35. The van der Waals surface area contributed by atoms with Gasteiger partial charge < -0.3 is 15.0 Å². The molecule has 40 heavy (non-hydrogen) atoms. The first-order valence-electron chi connectivity index (χ1n) is 14.1. The number of nitrogens with zero attached hydrogens (tertiary/aromatic N) is 5. The number of piperidine rings is 2. The Morgan fingerprint density at radius 3 is 2.58 bits per heavy atom. The SMILES string of the molecule is CCC1CCCCN1Cc1ccc(C(=O)Nc2ccc(OC(=O)N3CCC(CSc4ncn[nH]4)CC3)nc2)cc1. The quantitative estimate of drug-likeness (QED) is 0.341. The number of hydrogen-bond acceptors (Lipinski definition) is 8. The van der Waals surface area contributed by atoms with Crippen molar-refractivity contribution in [3.05, 3.63) is 60.0 Å². The first-order chi connectivity index (χ1) is 19.6. The molecule has 1 unspecified atom stereocenters. The second-order valence-electron chi connectivity index (χ2n) is 10.5. The molecule has 0 spiro atoms. The Labute approximate surface area is 239 Å². The van der Waals surface area contributed by atoms with Crippen molar-refractivity contribution in [1.82, 2.24) is 30.0 Å². The molecule has 10 nitrogen and oxygen atoms in total. The third kappa shape index (κ3) is 7.60. The Bertz CT molecular complexity index is 1230. The molecule has 5 rings (SSSR count). The average molecular weight is 564 g/mol. The van der Waals surface area contributed by atoms with Crippen LogP contribution in [0.2, 0.25) is 0 Å². The number of anilines is 1. The van der Waals surface area contributed by atoms with Gasteiger partial charge in [-0.05, 0) is 68.3 Å². The third-order valence-electron chi connectivity index (χ3n) is 7.73. The molecule has 0 saturated carbocycles. The molecule has 1 aromatic carbocycles. The smallest absolute Gasteiger partial charge is 0.391 e. The Kier molecular flexibility index (Phi) is 9.67. The molecule has 11 heteroatoms. The van der Waals surface area contributed by atoms with E-state index in [1.165, 1.54) is 43.8 Å². The summed E-state index contributed by atoms with van der Waals surface area (Å²) < 4.78 is 5.47. The molecule has 2 aromatic heterocycles. The van der Waals surface area contributed by atoms with Crippen LogP contribution in [-0.2, 0) is 6.54 Å². The Balaban J connectivity index is 1.05. The maximum atomic E-state index is 12.8. The zero-order valence-electron chi connectivity index (χ0n) is 22.9. The number of likely N-dealkylation sites (tertiary alicyclic amines) is 2. The lowest BCUT2D eigenvalue weighted by atomic mass is 9.99. The summed E-state index contributed by atoms with van der Waals surface area (Å²) in [5.74, 6) is 1.46. The van der Waals surface area contributed by atoms with Crippen molar-refractivity contribution in [2.24, 2.45) is 5.92 Å². The first-order valence-corrected chi connectivity index (χ1v) is 15.1. The van der Waals surface area contributed by atoms with Crippen molar-refractivity contribution in [1.29, 1.82) is 0 Å². The summed E-state index contributed by atoms with van der Waals surface area (Å²) in [5, 5.41) is 10.4. The van der Waals surface area contributed by atoms with Crippen LogP contribution in [0, 0.1) is 5.92 Å². The predicted molar refractivity (Wildman–Crippen MR) is 154 cm³/mol. The summed E-state index contributed by atoms with van der Waals surface area (Å²) in [6.45, 7) is 5.61. The number of aromatic amines is 1. The lowest BCUT2D eigenvalue weighted by molar-refractivity contribution is 0.102. The second kappa shape index (κ2) is 13.8. The Hall–Kier alpha value is -3.44. The molecular formula is C29H37N7O3S. The van der Waals surface area contributed by atoms with E-state index < -0.39 is 6.09 Å². The monoisotopic (exact) mass is 563 g/mol. The van der Waals surface area contributed by atoms with Crippen molar-refractivity contribution in [2.45, 2.75) is 63.2 Å². The fourth-order valence-corrected chi connectivity index (χ4v) is 6.31. The van der Waals surface area contributed by atoms with Gasteiger partial charge in [0.25, 0.3) is 5.91 Å². The van der Waals surface area contributed by atoms with E-state index in [2.05, 4.69) is 37.3 Å². The summed E-state index contributed by atoms with van der Waals surface area (Å²) >= 11 is 1.65. The zero-order valence-corrected chi connectivity index (χ0v) is 23.7. The molecule has 2 aliphatic heterocycles. The summed E-state index contributed by atoms with van der Waals surface area (Å²) in [6.07, 6.45) is 9.45.